The van der Waals surface area contributed by atoms with E-state index in [0.29, 0.717) is 32.3 Å². The molecule has 13 heteroatoms. The highest BCUT2D eigenvalue weighted by Gasteiger charge is 2.68. The highest BCUT2D eigenvalue weighted by molar-refractivity contribution is 5.85. The van der Waals surface area contributed by atoms with Crippen LogP contribution >= 0.6 is 0 Å². The molecular formula is C36H54O13. The molecule has 4 saturated carbocycles. The van der Waals surface area contributed by atoms with E-state index < -0.39 is 72.9 Å². The third-order valence-electron chi connectivity index (χ3n) is 14.1. The first-order valence-corrected chi connectivity index (χ1v) is 18.2. The van der Waals surface area contributed by atoms with E-state index in [9.17, 15) is 35.1 Å². The monoisotopic (exact) mass is 694 g/mol. The molecule has 0 aromatic carbocycles. The molecule has 13 nitrogen and oxygen atoms in total. The summed E-state index contributed by atoms with van der Waals surface area (Å²) in [7, 11) is 1.55. The average Bonchev–Trinajstić information content (AvgIpc) is 3.64. The zero-order valence-electron chi connectivity index (χ0n) is 28.7. The normalized spacial score (nSPS) is 52.8. The summed E-state index contributed by atoms with van der Waals surface area (Å²) in [6.45, 7) is 3.75. The van der Waals surface area contributed by atoms with Gasteiger partial charge in [-0.1, -0.05) is 6.92 Å². The van der Waals surface area contributed by atoms with Crippen molar-refractivity contribution in [2.24, 2.45) is 34.5 Å². The first kappa shape index (κ1) is 35.9. The molecule has 0 aromatic rings. The predicted molar refractivity (Wildman–Crippen MR) is 169 cm³/mol. The van der Waals surface area contributed by atoms with Crippen LogP contribution in [0, 0.1) is 34.5 Å². The van der Waals surface area contributed by atoms with Gasteiger partial charge >= 0.3 is 5.97 Å². The van der Waals surface area contributed by atoms with Crippen LogP contribution in [0.25, 0.3) is 0 Å². The Bertz CT molecular complexity index is 1280. The van der Waals surface area contributed by atoms with Gasteiger partial charge in [0, 0.05) is 30.4 Å². The highest BCUT2D eigenvalue weighted by atomic mass is 16.7. The summed E-state index contributed by atoms with van der Waals surface area (Å²) in [4.78, 5) is 25.1. The Morgan fingerprint density at radius 3 is 2.45 bits per heavy atom. The molecule has 6 fully saturated rings. The van der Waals surface area contributed by atoms with E-state index in [-0.39, 0.29) is 41.2 Å². The smallest absolute Gasteiger partial charge is 0.331 e. The fraction of sp³-hybridized carbons (Fsp3) is 0.889. The number of rotatable bonds is 8. The molecule has 3 heterocycles. The number of methoxy groups -OCH3 is 1. The van der Waals surface area contributed by atoms with Gasteiger partial charge in [0.15, 0.2) is 12.6 Å². The molecule has 17 atom stereocenters. The Kier molecular flexibility index (Phi) is 9.86. The second-order valence-corrected chi connectivity index (χ2v) is 16.1. The van der Waals surface area contributed by atoms with E-state index in [1.165, 1.54) is 6.29 Å². The van der Waals surface area contributed by atoms with E-state index >= 15 is 0 Å². The minimum absolute atomic E-state index is 0.0272. The van der Waals surface area contributed by atoms with Gasteiger partial charge in [-0.05, 0) is 94.0 Å². The minimum atomic E-state index is -1.56. The molecule has 49 heavy (non-hydrogen) atoms. The van der Waals surface area contributed by atoms with Gasteiger partial charge in [-0.15, -0.1) is 0 Å². The number of cyclic esters (lactones) is 1. The number of aliphatic hydroxyl groups is 5. The lowest BCUT2D eigenvalue weighted by Crippen LogP contribution is -2.63. The molecule has 4 aliphatic carbocycles. The lowest BCUT2D eigenvalue weighted by Gasteiger charge is -2.63. The van der Waals surface area contributed by atoms with Crippen LogP contribution in [-0.4, -0.2) is 125 Å². The van der Waals surface area contributed by atoms with Gasteiger partial charge in [-0.25, -0.2) is 4.79 Å². The average molecular weight is 695 g/mol. The van der Waals surface area contributed by atoms with Gasteiger partial charge in [0.05, 0.1) is 30.5 Å². The standard InChI is InChI=1S/C36H54O13/c1-18-32(49-33-31(42)30(41)29(40)26(15-37)48-33)25(44-3)14-28(46-18)47-21-6-10-35(17-38)20(13-21)4-5-24-23(35)7-9-34(2)22(8-11-36(24,34)43)19-12-27(39)45-16-19/h12,17-18,20-26,28-33,37,40-43H,4-11,13-16H2,1-3H3/t18-,20+,21+,22+,23-,24+,25+,26+,28-,29+,30-,31+,32+,33-,34+,35+,36+/m1/s1. The van der Waals surface area contributed by atoms with Crippen molar-refractivity contribution in [1.29, 1.82) is 0 Å². The Labute approximate surface area is 287 Å². The quantitative estimate of drug-likeness (QED) is 0.138. The summed E-state index contributed by atoms with van der Waals surface area (Å²) in [6, 6.07) is 0. The van der Waals surface area contributed by atoms with Gasteiger partial charge in [-0.2, -0.15) is 0 Å². The second-order valence-electron chi connectivity index (χ2n) is 16.1. The summed E-state index contributed by atoms with van der Waals surface area (Å²) in [6.07, 6.45) is 0.732. The van der Waals surface area contributed by atoms with Crippen LogP contribution in [-0.2, 0) is 38.0 Å². The lowest BCUT2D eigenvalue weighted by atomic mass is 9.43. The molecule has 2 saturated heterocycles. The van der Waals surface area contributed by atoms with E-state index in [0.717, 1.165) is 44.1 Å². The van der Waals surface area contributed by atoms with E-state index in [1.807, 2.05) is 0 Å². The third-order valence-corrected chi connectivity index (χ3v) is 14.1. The minimum Gasteiger partial charge on any atom is -0.458 e. The molecule has 0 radical (unpaired) electrons. The maximum atomic E-state index is 13.2. The fourth-order valence-corrected chi connectivity index (χ4v) is 11.5. The Morgan fingerprint density at radius 2 is 1.76 bits per heavy atom. The van der Waals surface area contributed by atoms with Crippen LogP contribution < -0.4 is 0 Å². The number of hydrogen-bond donors (Lipinski definition) is 5. The van der Waals surface area contributed by atoms with Gasteiger partial charge in [0.1, 0.15) is 43.4 Å². The van der Waals surface area contributed by atoms with Crippen molar-refractivity contribution in [3.63, 3.8) is 0 Å². The van der Waals surface area contributed by atoms with Gasteiger partial charge in [0.2, 0.25) is 0 Å². The van der Waals surface area contributed by atoms with Gasteiger partial charge < -0.3 is 58.7 Å². The number of esters is 1. The van der Waals surface area contributed by atoms with Crippen LogP contribution in [0.4, 0.5) is 0 Å². The molecule has 7 aliphatic rings. The van der Waals surface area contributed by atoms with Crippen LogP contribution in [0.15, 0.2) is 11.6 Å². The summed E-state index contributed by atoms with van der Waals surface area (Å²) >= 11 is 0. The number of aliphatic hydroxyl groups excluding tert-OH is 4. The number of carbonyl (C=O) groups excluding carboxylic acids is 2. The van der Waals surface area contributed by atoms with Crippen molar-refractivity contribution in [1.82, 2.24) is 0 Å². The van der Waals surface area contributed by atoms with Gasteiger partial charge in [-0.3, -0.25) is 0 Å². The summed E-state index contributed by atoms with van der Waals surface area (Å²) in [5.41, 5.74) is -0.761. The van der Waals surface area contributed by atoms with E-state index in [2.05, 4.69) is 6.92 Å². The maximum absolute atomic E-state index is 13.2. The van der Waals surface area contributed by atoms with Crippen LogP contribution in [0.5, 0.6) is 0 Å². The van der Waals surface area contributed by atoms with Crippen molar-refractivity contribution in [2.45, 2.75) is 145 Å². The molecule has 0 amide bonds. The summed E-state index contributed by atoms with van der Waals surface area (Å²) in [5.74, 6) is 0.0740. The van der Waals surface area contributed by atoms with Crippen molar-refractivity contribution >= 4 is 12.3 Å². The number of hydrogen-bond acceptors (Lipinski definition) is 13. The van der Waals surface area contributed by atoms with E-state index in [4.69, 9.17) is 28.4 Å². The summed E-state index contributed by atoms with van der Waals surface area (Å²) < 4.78 is 35.4. The van der Waals surface area contributed by atoms with Crippen LogP contribution in [0.2, 0.25) is 0 Å². The van der Waals surface area contributed by atoms with Crippen LogP contribution in [0.1, 0.15) is 78.1 Å². The molecule has 276 valence electrons. The maximum Gasteiger partial charge on any atom is 0.331 e. The largest absolute Gasteiger partial charge is 0.458 e. The summed E-state index contributed by atoms with van der Waals surface area (Å²) in [5, 5.41) is 52.9. The SMILES string of the molecule is CO[C@H]1C[C@@H](O[C@H]2CC[C@]3(C=O)[C@@H](CC[C@H]4[C@H]3CC[C@@]3(C)[C@H](C5=CC(=O)OC5)CC[C@]43O)C2)O[C@H](C)[C@@H]1O[C@H]1O[C@@H](CO)[C@H](O)[C@@H](O)[C@@H]1O. The van der Waals surface area contributed by atoms with Crippen molar-refractivity contribution in [3.8, 4) is 0 Å². The molecular weight excluding hydrogens is 640 g/mol. The molecule has 0 unspecified atom stereocenters. The molecule has 5 N–H and O–H groups in total. The zero-order valence-corrected chi connectivity index (χ0v) is 28.7. The fourth-order valence-electron chi connectivity index (χ4n) is 11.5. The van der Waals surface area contributed by atoms with Gasteiger partial charge in [0.25, 0.3) is 0 Å². The zero-order chi connectivity index (χ0) is 34.9. The van der Waals surface area contributed by atoms with E-state index in [1.54, 1.807) is 20.1 Å². The number of fused-ring (bicyclic) bond motifs is 5. The second kappa shape index (κ2) is 13.5. The highest BCUT2D eigenvalue weighted by Crippen LogP contribution is 2.69. The topological polar surface area (TPSA) is 191 Å². The Morgan fingerprint density at radius 1 is 0.959 bits per heavy atom. The number of aldehydes is 1. The first-order chi connectivity index (χ1) is 23.4. The lowest BCUT2D eigenvalue weighted by molar-refractivity contribution is -0.345. The molecule has 0 bridgehead atoms. The van der Waals surface area contributed by atoms with Crippen molar-refractivity contribution in [2.75, 3.05) is 20.3 Å². The Balaban J connectivity index is 0.990. The number of ether oxygens (including phenoxy) is 6. The molecule has 0 aromatic heterocycles. The molecule has 0 spiro atoms. The van der Waals surface area contributed by atoms with Crippen molar-refractivity contribution < 1.29 is 63.5 Å². The first-order valence-electron chi connectivity index (χ1n) is 18.2. The Hall–Kier alpha value is -1.52. The molecule has 7 rings (SSSR count). The molecule has 3 aliphatic heterocycles. The predicted octanol–water partition coefficient (Wildman–Crippen LogP) is 1.14. The van der Waals surface area contributed by atoms with Crippen LogP contribution in [0.3, 0.4) is 0 Å². The third kappa shape index (κ3) is 5.75. The number of carbonyl (C=O) groups is 2. The van der Waals surface area contributed by atoms with Crippen molar-refractivity contribution in [3.05, 3.63) is 11.6 Å².